The van der Waals surface area contributed by atoms with Gasteiger partial charge < -0.3 is 10.3 Å². The van der Waals surface area contributed by atoms with Crippen molar-refractivity contribution < 1.29 is 4.52 Å². The van der Waals surface area contributed by atoms with Gasteiger partial charge in [-0.1, -0.05) is 35.5 Å². The molecule has 19 heavy (non-hydrogen) atoms. The highest BCUT2D eigenvalue weighted by Crippen LogP contribution is 2.26. The van der Waals surface area contributed by atoms with Crippen LogP contribution in [0.3, 0.4) is 0 Å². The molecule has 94 valence electrons. The first-order valence-corrected chi connectivity index (χ1v) is 6.00. The van der Waals surface area contributed by atoms with Gasteiger partial charge in [0.25, 0.3) is 5.89 Å². The van der Waals surface area contributed by atoms with Crippen LogP contribution in [-0.4, -0.2) is 10.1 Å². The Balaban J connectivity index is 2.05. The minimum absolute atomic E-state index is 0.512. The Morgan fingerprint density at radius 2 is 1.79 bits per heavy atom. The maximum absolute atomic E-state index is 5.89. The van der Waals surface area contributed by atoms with E-state index in [9.17, 15) is 0 Å². The second-order valence-corrected chi connectivity index (χ2v) is 4.31. The van der Waals surface area contributed by atoms with Crippen LogP contribution in [0.1, 0.15) is 5.56 Å². The zero-order valence-corrected chi connectivity index (χ0v) is 10.5. The predicted molar refractivity (Wildman–Crippen MR) is 74.3 cm³/mol. The normalized spacial score (nSPS) is 10.6. The third-order valence-corrected chi connectivity index (χ3v) is 3.06. The number of nitrogen functional groups attached to an aromatic ring is 1. The lowest BCUT2D eigenvalue weighted by Crippen LogP contribution is -1.92. The van der Waals surface area contributed by atoms with E-state index in [2.05, 4.69) is 10.1 Å². The maximum Gasteiger partial charge on any atom is 0.258 e. The number of aromatic nitrogens is 2. The van der Waals surface area contributed by atoms with Crippen molar-refractivity contribution in [2.75, 3.05) is 5.73 Å². The molecule has 4 nitrogen and oxygen atoms in total. The quantitative estimate of drug-likeness (QED) is 0.710. The smallest absolute Gasteiger partial charge is 0.258 e. The monoisotopic (exact) mass is 251 g/mol. The van der Waals surface area contributed by atoms with Gasteiger partial charge in [0, 0.05) is 16.8 Å². The summed E-state index contributed by atoms with van der Waals surface area (Å²) in [7, 11) is 0. The molecule has 0 unspecified atom stereocenters. The van der Waals surface area contributed by atoms with E-state index in [-0.39, 0.29) is 0 Å². The molecule has 2 aromatic carbocycles. The molecule has 0 aliphatic heterocycles. The molecule has 3 rings (SSSR count). The van der Waals surface area contributed by atoms with Gasteiger partial charge in [-0.2, -0.15) is 4.98 Å². The van der Waals surface area contributed by atoms with Crippen LogP contribution in [0.15, 0.2) is 53.1 Å². The summed E-state index contributed by atoms with van der Waals surface area (Å²) < 4.78 is 5.30. The minimum Gasteiger partial charge on any atom is -0.398 e. The zero-order valence-electron chi connectivity index (χ0n) is 10.5. The van der Waals surface area contributed by atoms with Crippen molar-refractivity contribution in [2.24, 2.45) is 0 Å². The maximum atomic E-state index is 5.89. The number of benzene rings is 2. The fourth-order valence-corrected chi connectivity index (χ4v) is 1.93. The molecule has 0 aliphatic rings. The molecule has 3 aromatic rings. The Labute approximate surface area is 110 Å². The van der Waals surface area contributed by atoms with Crippen molar-refractivity contribution in [3.8, 4) is 22.8 Å². The van der Waals surface area contributed by atoms with Gasteiger partial charge in [0.2, 0.25) is 5.82 Å². The van der Waals surface area contributed by atoms with E-state index in [1.807, 2.05) is 55.5 Å². The highest BCUT2D eigenvalue weighted by Gasteiger charge is 2.12. The molecule has 0 bridgehead atoms. The Morgan fingerprint density at radius 3 is 2.58 bits per heavy atom. The molecule has 0 saturated heterocycles. The number of hydrogen-bond donors (Lipinski definition) is 1. The molecule has 0 spiro atoms. The van der Waals surface area contributed by atoms with Crippen LogP contribution >= 0.6 is 0 Å². The topological polar surface area (TPSA) is 64.9 Å². The van der Waals surface area contributed by atoms with Gasteiger partial charge in [-0.3, -0.25) is 0 Å². The lowest BCUT2D eigenvalue weighted by molar-refractivity contribution is 0.432. The van der Waals surface area contributed by atoms with Gasteiger partial charge in [-0.05, 0) is 30.7 Å². The lowest BCUT2D eigenvalue weighted by atomic mass is 10.1. The van der Waals surface area contributed by atoms with Gasteiger partial charge in [0.1, 0.15) is 0 Å². The van der Waals surface area contributed by atoms with Crippen LogP contribution < -0.4 is 5.73 Å². The van der Waals surface area contributed by atoms with Gasteiger partial charge in [0.15, 0.2) is 0 Å². The van der Waals surface area contributed by atoms with Crippen molar-refractivity contribution in [3.63, 3.8) is 0 Å². The molecule has 2 N–H and O–H groups in total. The average molecular weight is 251 g/mol. The van der Waals surface area contributed by atoms with Crippen molar-refractivity contribution in [2.45, 2.75) is 6.92 Å². The third-order valence-electron chi connectivity index (χ3n) is 3.06. The summed E-state index contributed by atoms with van der Waals surface area (Å²) in [4.78, 5) is 4.42. The first-order valence-electron chi connectivity index (χ1n) is 6.00. The van der Waals surface area contributed by atoms with Crippen LogP contribution in [0.5, 0.6) is 0 Å². The fraction of sp³-hybridized carbons (Fsp3) is 0.0667. The standard InChI is InChI=1S/C15H13N3O/c1-10-12(8-5-9-13(10)16)14-17-15(19-18-14)11-6-3-2-4-7-11/h2-9H,16H2,1H3. The Morgan fingerprint density at radius 1 is 1.00 bits per heavy atom. The van der Waals surface area contributed by atoms with Crippen LogP contribution in [0.2, 0.25) is 0 Å². The van der Waals surface area contributed by atoms with E-state index in [0.29, 0.717) is 11.7 Å². The Hall–Kier alpha value is -2.62. The molecule has 0 aliphatic carbocycles. The molecule has 4 heteroatoms. The van der Waals surface area contributed by atoms with Crippen molar-refractivity contribution >= 4 is 5.69 Å². The summed E-state index contributed by atoms with van der Waals surface area (Å²) in [6, 6.07) is 15.4. The van der Waals surface area contributed by atoms with E-state index >= 15 is 0 Å². The highest BCUT2D eigenvalue weighted by atomic mass is 16.5. The first-order chi connectivity index (χ1) is 9.25. The molecule has 1 aromatic heterocycles. The number of anilines is 1. The minimum atomic E-state index is 0.512. The first kappa shape index (κ1) is 11.5. The van der Waals surface area contributed by atoms with E-state index in [4.69, 9.17) is 10.3 Å². The molecule has 0 amide bonds. The second-order valence-electron chi connectivity index (χ2n) is 4.31. The molecule has 0 fully saturated rings. The van der Waals surface area contributed by atoms with E-state index in [1.54, 1.807) is 0 Å². The third kappa shape index (κ3) is 2.08. The van der Waals surface area contributed by atoms with Crippen molar-refractivity contribution in [3.05, 3.63) is 54.1 Å². The lowest BCUT2D eigenvalue weighted by Gasteiger charge is -2.03. The zero-order chi connectivity index (χ0) is 13.2. The van der Waals surface area contributed by atoms with Crippen LogP contribution in [0.25, 0.3) is 22.8 Å². The van der Waals surface area contributed by atoms with Crippen molar-refractivity contribution in [1.82, 2.24) is 10.1 Å². The van der Waals surface area contributed by atoms with Gasteiger partial charge in [0.05, 0.1) is 0 Å². The fourth-order valence-electron chi connectivity index (χ4n) is 1.93. The predicted octanol–water partition coefficient (Wildman–Crippen LogP) is 3.29. The van der Waals surface area contributed by atoms with E-state index in [0.717, 1.165) is 22.4 Å². The Bertz CT molecular complexity index is 704. The molecule has 0 radical (unpaired) electrons. The summed E-state index contributed by atoms with van der Waals surface area (Å²) in [6.07, 6.45) is 0. The number of rotatable bonds is 2. The molecule has 0 atom stereocenters. The summed E-state index contributed by atoms with van der Waals surface area (Å²) in [6.45, 7) is 1.95. The van der Waals surface area contributed by atoms with Gasteiger partial charge >= 0.3 is 0 Å². The Kier molecular flexibility index (Phi) is 2.76. The summed E-state index contributed by atoms with van der Waals surface area (Å²) in [5, 5.41) is 4.02. The average Bonchev–Trinajstić information content (AvgIpc) is 2.92. The molecular weight excluding hydrogens is 238 g/mol. The summed E-state index contributed by atoms with van der Waals surface area (Å²) >= 11 is 0. The highest BCUT2D eigenvalue weighted by molar-refractivity contribution is 5.68. The number of hydrogen-bond acceptors (Lipinski definition) is 4. The molecule has 1 heterocycles. The summed E-state index contributed by atoms with van der Waals surface area (Å²) in [5.74, 6) is 1.07. The van der Waals surface area contributed by atoms with Gasteiger partial charge in [-0.25, -0.2) is 0 Å². The van der Waals surface area contributed by atoms with Gasteiger partial charge in [-0.15, -0.1) is 0 Å². The van der Waals surface area contributed by atoms with Crippen LogP contribution in [0, 0.1) is 6.92 Å². The number of nitrogens with two attached hydrogens (primary N) is 1. The van der Waals surface area contributed by atoms with Crippen LogP contribution in [0.4, 0.5) is 5.69 Å². The van der Waals surface area contributed by atoms with Crippen molar-refractivity contribution in [1.29, 1.82) is 0 Å². The molecule has 0 saturated carbocycles. The van der Waals surface area contributed by atoms with E-state index < -0.39 is 0 Å². The SMILES string of the molecule is Cc1c(N)cccc1-c1noc(-c2ccccc2)n1. The van der Waals surface area contributed by atoms with E-state index in [1.165, 1.54) is 0 Å². The van der Waals surface area contributed by atoms with Crippen LogP contribution in [-0.2, 0) is 0 Å². The summed E-state index contributed by atoms with van der Waals surface area (Å²) in [5.41, 5.74) is 9.38. The number of nitrogens with zero attached hydrogens (tertiary/aromatic N) is 2. The second kappa shape index (κ2) is 4.57. The molecular formula is C15H13N3O. The largest absolute Gasteiger partial charge is 0.398 e.